The molecule has 3 nitrogen and oxygen atoms in total. The summed E-state index contributed by atoms with van der Waals surface area (Å²) in [4.78, 5) is 8.95. The molecule has 1 aliphatic heterocycles. The molecule has 0 saturated carbocycles. The molecule has 1 saturated heterocycles. The number of nitrogens with one attached hydrogen (secondary N) is 1. The van der Waals surface area contributed by atoms with Crippen LogP contribution in [0.25, 0.3) is 0 Å². The minimum atomic E-state index is 0.375. The first-order valence-electron chi connectivity index (χ1n) is 4.52. The fourth-order valence-corrected chi connectivity index (χ4v) is 1.37. The SMILES string of the molecule is CCC[C@H]1CCNC1.COC=O. The molecule has 0 aromatic heterocycles. The van der Waals surface area contributed by atoms with Gasteiger partial charge in [-0.3, -0.25) is 4.79 Å². The molecule has 1 fully saturated rings. The van der Waals surface area contributed by atoms with Gasteiger partial charge < -0.3 is 10.1 Å². The molecule has 0 aromatic rings. The van der Waals surface area contributed by atoms with Crippen molar-refractivity contribution in [1.29, 1.82) is 0 Å². The molecule has 1 aliphatic rings. The number of carbonyl (C=O) groups excluding carboxylic acids is 1. The molecule has 0 aliphatic carbocycles. The van der Waals surface area contributed by atoms with Gasteiger partial charge in [0.05, 0.1) is 7.11 Å². The summed E-state index contributed by atoms with van der Waals surface area (Å²) in [5.74, 6) is 1.000. The predicted molar refractivity (Wildman–Crippen MR) is 49.0 cm³/mol. The van der Waals surface area contributed by atoms with E-state index >= 15 is 0 Å². The molecule has 0 aromatic carbocycles. The monoisotopic (exact) mass is 173 g/mol. The fourth-order valence-electron chi connectivity index (χ4n) is 1.37. The van der Waals surface area contributed by atoms with Crippen molar-refractivity contribution in [3.05, 3.63) is 0 Å². The van der Waals surface area contributed by atoms with Crippen LogP contribution in [0, 0.1) is 5.92 Å². The Morgan fingerprint density at radius 3 is 2.67 bits per heavy atom. The van der Waals surface area contributed by atoms with Crippen LogP contribution in [0.3, 0.4) is 0 Å². The first-order valence-corrected chi connectivity index (χ1v) is 4.52. The summed E-state index contributed by atoms with van der Waals surface area (Å²) >= 11 is 0. The maximum Gasteiger partial charge on any atom is 0.292 e. The van der Waals surface area contributed by atoms with Crippen LogP contribution >= 0.6 is 0 Å². The number of carbonyl (C=O) groups is 1. The Labute approximate surface area is 74.5 Å². The second-order valence-corrected chi connectivity index (χ2v) is 2.98. The normalized spacial score (nSPS) is 21.0. The number of rotatable bonds is 3. The van der Waals surface area contributed by atoms with Crippen LogP contribution in [-0.4, -0.2) is 26.7 Å². The molecular weight excluding hydrogens is 154 g/mol. The number of methoxy groups -OCH3 is 1. The van der Waals surface area contributed by atoms with Crippen LogP contribution in [0.5, 0.6) is 0 Å². The lowest BCUT2D eigenvalue weighted by molar-refractivity contribution is -0.126. The fraction of sp³-hybridized carbons (Fsp3) is 0.889. The molecule has 0 unspecified atom stereocenters. The van der Waals surface area contributed by atoms with E-state index in [9.17, 15) is 0 Å². The Bertz CT molecular complexity index is 101. The summed E-state index contributed by atoms with van der Waals surface area (Å²) in [5, 5.41) is 3.36. The van der Waals surface area contributed by atoms with Crippen LogP contribution in [0.2, 0.25) is 0 Å². The summed E-state index contributed by atoms with van der Waals surface area (Å²) in [6, 6.07) is 0. The predicted octanol–water partition coefficient (Wildman–Crippen LogP) is 1.19. The van der Waals surface area contributed by atoms with Gasteiger partial charge in [0.2, 0.25) is 0 Å². The highest BCUT2D eigenvalue weighted by atomic mass is 16.5. The molecule has 1 heterocycles. The number of hydrogen-bond acceptors (Lipinski definition) is 3. The van der Waals surface area contributed by atoms with Crippen molar-refractivity contribution in [3.8, 4) is 0 Å². The van der Waals surface area contributed by atoms with Gasteiger partial charge in [0.1, 0.15) is 0 Å². The number of ether oxygens (including phenoxy) is 1. The van der Waals surface area contributed by atoms with Crippen LogP contribution in [0.1, 0.15) is 26.2 Å². The smallest absolute Gasteiger partial charge is 0.292 e. The van der Waals surface area contributed by atoms with Gasteiger partial charge in [-0.05, 0) is 31.8 Å². The zero-order valence-corrected chi connectivity index (χ0v) is 8.01. The van der Waals surface area contributed by atoms with Crippen molar-refractivity contribution in [2.45, 2.75) is 26.2 Å². The lowest BCUT2D eigenvalue weighted by Crippen LogP contribution is -2.08. The van der Waals surface area contributed by atoms with Gasteiger partial charge >= 0.3 is 0 Å². The number of hydrogen-bond donors (Lipinski definition) is 1. The summed E-state index contributed by atoms with van der Waals surface area (Å²) in [6.07, 6.45) is 4.19. The Hall–Kier alpha value is -0.570. The molecule has 0 radical (unpaired) electrons. The van der Waals surface area contributed by atoms with Crippen molar-refractivity contribution >= 4 is 6.47 Å². The van der Waals surface area contributed by atoms with Gasteiger partial charge in [0.15, 0.2) is 0 Å². The quantitative estimate of drug-likeness (QED) is 0.651. The average Bonchev–Trinajstić information content (AvgIpc) is 2.58. The van der Waals surface area contributed by atoms with Crippen molar-refractivity contribution in [3.63, 3.8) is 0 Å². The summed E-state index contributed by atoms with van der Waals surface area (Å²) < 4.78 is 3.86. The van der Waals surface area contributed by atoms with Crippen molar-refractivity contribution in [1.82, 2.24) is 5.32 Å². The lowest BCUT2D eigenvalue weighted by atomic mass is 10.0. The van der Waals surface area contributed by atoms with E-state index in [0.29, 0.717) is 6.47 Å². The minimum absolute atomic E-state index is 0.375. The Kier molecular flexibility index (Phi) is 8.12. The van der Waals surface area contributed by atoms with E-state index in [2.05, 4.69) is 17.0 Å². The second kappa shape index (κ2) is 8.53. The molecule has 1 rings (SSSR count). The molecular formula is C9H19NO2. The van der Waals surface area contributed by atoms with E-state index in [1.165, 1.54) is 39.5 Å². The second-order valence-electron chi connectivity index (χ2n) is 2.98. The summed E-state index contributed by atoms with van der Waals surface area (Å²) in [7, 11) is 1.31. The van der Waals surface area contributed by atoms with E-state index < -0.39 is 0 Å². The molecule has 0 spiro atoms. The summed E-state index contributed by atoms with van der Waals surface area (Å²) in [5.41, 5.74) is 0. The van der Waals surface area contributed by atoms with Crippen LogP contribution in [-0.2, 0) is 9.53 Å². The maximum atomic E-state index is 8.95. The first-order chi connectivity index (χ1) is 5.85. The third-order valence-corrected chi connectivity index (χ3v) is 1.96. The molecule has 0 bridgehead atoms. The topological polar surface area (TPSA) is 38.3 Å². The van der Waals surface area contributed by atoms with E-state index in [1.807, 2.05) is 0 Å². The van der Waals surface area contributed by atoms with Crippen LogP contribution in [0.15, 0.2) is 0 Å². The molecule has 12 heavy (non-hydrogen) atoms. The van der Waals surface area contributed by atoms with Crippen molar-refractivity contribution < 1.29 is 9.53 Å². The minimum Gasteiger partial charge on any atom is -0.471 e. The molecule has 0 amide bonds. The third kappa shape index (κ3) is 6.16. The van der Waals surface area contributed by atoms with Crippen LogP contribution < -0.4 is 5.32 Å². The highest BCUT2D eigenvalue weighted by Gasteiger charge is 2.11. The lowest BCUT2D eigenvalue weighted by Gasteiger charge is -2.02. The molecule has 1 atom stereocenters. The van der Waals surface area contributed by atoms with Crippen molar-refractivity contribution in [2.24, 2.45) is 5.92 Å². The highest BCUT2D eigenvalue weighted by molar-refractivity contribution is 5.36. The van der Waals surface area contributed by atoms with Gasteiger partial charge in [0.25, 0.3) is 6.47 Å². The van der Waals surface area contributed by atoms with Crippen molar-refractivity contribution in [2.75, 3.05) is 20.2 Å². The van der Waals surface area contributed by atoms with Gasteiger partial charge in [-0.25, -0.2) is 0 Å². The largest absolute Gasteiger partial charge is 0.471 e. The Morgan fingerprint density at radius 2 is 2.33 bits per heavy atom. The Balaban J connectivity index is 0.000000261. The van der Waals surface area contributed by atoms with E-state index in [4.69, 9.17) is 4.79 Å². The molecule has 1 N–H and O–H groups in total. The zero-order valence-electron chi connectivity index (χ0n) is 8.01. The van der Waals surface area contributed by atoms with Crippen LogP contribution in [0.4, 0.5) is 0 Å². The van der Waals surface area contributed by atoms with Gasteiger partial charge in [-0.15, -0.1) is 0 Å². The molecule has 3 heteroatoms. The van der Waals surface area contributed by atoms with E-state index in [0.717, 1.165) is 5.92 Å². The van der Waals surface area contributed by atoms with Gasteiger partial charge in [-0.2, -0.15) is 0 Å². The highest BCUT2D eigenvalue weighted by Crippen LogP contribution is 2.12. The third-order valence-electron chi connectivity index (χ3n) is 1.96. The Morgan fingerprint density at radius 1 is 1.67 bits per heavy atom. The van der Waals surface area contributed by atoms with E-state index in [-0.39, 0.29) is 0 Å². The standard InChI is InChI=1S/C7H15N.C2H4O2/c1-2-3-7-4-5-8-6-7;1-4-2-3/h7-8H,2-6H2,1H3;2H,1H3/t7-;/m0./s1. The maximum absolute atomic E-state index is 8.95. The first kappa shape index (κ1) is 11.4. The zero-order chi connectivity index (χ0) is 9.23. The molecule has 72 valence electrons. The van der Waals surface area contributed by atoms with Gasteiger partial charge in [-0.1, -0.05) is 13.3 Å². The van der Waals surface area contributed by atoms with Gasteiger partial charge in [0, 0.05) is 0 Å². The summed E-state index contributed by atoms with van der Waals surface area (Å²) in [6.45, 7) is 5.16. The average molecular weight is 173 g/mol. The van der Waals surface area contributed by atoms with E-state index in [1.54, 1.807) is 0 Å².